The van der Waals surface area contributed by atoms with Crippen LogP contribution >= 0.6 is 0 Å². The van der Waals surface area contributed by atoms with Crippen LogP contribution in [0.4, 0.5) is 15.9 Å². The molecule has 1 aliphatic heterocycles. The lowest BCUT2D eigenvalue weighted by Crippen LogP contribution is -2.37. The molecule has 6 nitrogen and oxygen atoms in total. The number of hydrogen-bond donors (Lipinski definition) is 1. The second kappa shape index (κ2) is 8.83. The van der Waals surface area contributed by atoms with Crippen LogP contribution in [0, 0.1) is 5.82 Å². The lowest BCUT2D eigenvalue weighted by Gasteiger charge is -2.31. The minimum absolute atomic E-state index is 0.217. The number of pyridine rings is 2. The second-order valence-corrected chi connectivity index (χ2v) is 7.89. The molecule has 30 heavy (non-hydrogen) atoms. The SMILES string of the molecule is COc1cc2c(NCCCN(C)C)cc(-c3ccc(N4CCC4)nc3)nc2cc1F. The largest absolute Gasteiger partial charge is 0.494 e. The zero-order chi connectivity index (χ0) is 21.1. The fourth-order valence-corrected chi connectivity index (χ4v) is 3.57. The van der Waals surface area contributed by atoms with Gasteiger partial charge in [0, 0.05) is 48.5 Å². The van der Waals surface area contributed by atoms with E-state index < -0.39 is 5.82 Å². The molecule has 158 valence electrons. The summed E-state index contributed by atoms with van der Waals surface area (Å²) in [5.74, 6) is 0.789. The van der Waals surface area contributed by atoms with Crippen molar-refractivity contribution in [2.45, 2.75) is 12.8 Å². The van der Waals surface area contributed by atoms with E-state index in [9.17, 15) is 4.39 Å². The van der Waals surface area contributed by atoms with Crippen LogP contribution in [0.2, 0.25) is 0 Å². The quantitative estimate of drug-likeness (QED) is 0.567. The van der Waals surface area contributed by atoms with Crippen molar-refractivity contribution in [3.8, 4) is 17.0 Å². The summed E-state index contributed by atoms with van der Waals surface area (Å²) in [6, 6.07) is 9.21. The van der Waals surface area contributed by atoms with Crippen LogP contribution in [-0.4, -0.2) is 62.3 Å². The summed E-state index contributed by atoms with van der Waals surface area (Å²) in [5.41, 5.74) is 3.19. The summed E-state index contributed by atoms with van der Waals surface area (Å²) in [6.45, 7) is 3.91. The van der Waals surface area contributed by atoms with Gasteiger partial charge in [-0.25, -0.2) is 14.4 Å². The number of anilines is 2. The fraction of sp³-hybridized carbons (Fsp3) is 0.391. The molecule has 0 unspecified atom stereocenters. The Morgan fingerprint density at radius 2 is 2.03 bits per heavy atom. The van der Waals surface area contributed by atoms with E-state index in [4.69, 9.17) is 9.72 Å². The first kappa shape index (κ1) is 20.3. The number of nitrogens with zero attached hydrogens (tertiary/aromatic N) is 4. The summed E-state index contributed by atoms with van der Waals surface area (Å²) in [6.07, 6.45) is 4.06. The molecular weight excluding hydrogens is 381 g/mol. The molecule has 2 aromatic heterocycles. The summed E-state index contributed by atoms with van der Waals surface area (Å²) < 4.78 is 19.5. The monoisotopic (exact) mass is 409 g/mol. The van der Waals surface area contributed by atoms with Gasteiger partial charge in [0.25, 0.3) is 0 Å². The Labute approximate surface area is 176 Å². The third-order valence-corrected chi connectivity index (χ3v) is 5.40. The van der Waals surface area contributed by atoms with Gasteiger partial charge in [-0.05, 0) is 57.7 Å². The first-order chi connectivity index (χ1) is 14.5. The highest BCUT2D eigenvalue weighted by Gasteiger charge is 2.16. The number of fused-ring (bicyclic) bond motifs is 1. The Balaban J connectivity index is 1.68. The number of aromatic nitrogens is 2. The molecule has 7 heteroatoms. The van der Waals surface area contributed by atoms with E-state index in [1.807, 2.05) is 24.4 Å². The molecule has 4 rings (SSSR count). The predicted octanol–water partition coefficient (Wildman–Crippen LogP) is 4.02. The van der Waals surface area contributed by atoms with Crippen molar-refractivity contribution in [2.75, 3.05) is 57.6 Å². The smallest absolute Gasteiger partial charge is 0.167 e. The van der Waals surface area contributed by atoms with E-state index in [2.05, 4.69) is 34.2 Å². The van der Waals surface area contributed by atoms with Crippen LogP contribution in [0.1, 0.15) is 12.8 Å². The zero-order valence-electron chi connectivity index (χ0n) is 17.8. The van der Waals surface area contributed by atoms with Crippen molar-refractivity contribution >= 4 is 22.4 Å². The molecule has 1 fully saturated rings. The number of benzene rings is 1. The molecule has 1 aromatic carbocycles. The van der Waals surface area contributed by atoms with Crippen molar-refractivity contribution in [1.29, 1.82) is 0 Å². The van der Waals surface area contributed by atoms with Crippen molar-refractivity contribution in [3.63, 3.8) is 0 Å². The average molecular weight is 410 g/mol. The topological polar surface area (TPSA) is 53.5 Å². The van der Waals surface area contributed by atoms with Crippen LogP contribution in [0.5, 0.6) is 5.75 Å². The Bertz CT molecular complexity index is 1020. The van der Waals surface area contributed by atoms with Gasteiger partial charge in [-0.1, -0.05) is 0 Å². The summed E-state index contributed by atoms with van der Waals surface area (Å²) in [4.78, 5) is 13.7. The normalized spacial score (nSPS) is 13.6. The molecule has 0 radical (unpaired) electrons. The maximum Gasteiger partial charge on any atom is 0.167 e. The van der Waals surface area contributed by atoms with E-state index in [1.54, 1.807) is 6.07 Å². The van der Waals surface area contributed by atoms with Crippen molar-refractivity contribution < 1.29 is 9.13 Å². The standard InChI is InChI=1S/C23H28FN5O/c1-28(2)9-4-8-25-20-14-19(16-6-7-23(26-15-16)29-10-5-11-29)27-21-13-18(24)22(30-3)12-17(20)21/h6-7,12-15H,4-5,8-11H2,1-3H3,(H,25,27). The molecule has 0 aliphatic carbocycles. The van der Waals surface area contributed by atoms with E-state index in [0.29, 0.717) is 5.52 Å². The van der Waals surface area contributed by atoms with Gasteiger partial charge in [0.15, 0.2) is 11.6 Å². The molecule has 0 saturated carbocycles. The van der Waals surface area contributed by atoms with Gasteiger partial charge in [-0.2, -0.15) is 0 Å². The molecule has 1 saturated heterocycles. The number of nitrogens with one attached hydrogen (secondary N) is 1. The number of methoxy groups -OCH3 is 1. The Morgan fingerprint density at radius 3 is 2.67 bits per heavy atom. The molecule has 0 bridgehead atoms. The molecule has 0 amide bonds. The Kier molecular flexibility index (Phi) is 5.99. The van der Waals surface area contributed by atoms with Crippen molar-refractivity contribution in [3.05, 3.63) is 42.3 Å². The van der Waals surface area contributed by atoms with E-state index >= 15 is 0 Å². The van der Waals surface area contributed by atoms with Crippen LogP contribution in [0.25, 0.3) is 22.2 Å². The van der Waals surface area contributed by atoms with Crippen molar-refractivity contribution in [2.24, 2.45) is 0 Å². The Morgan fingerprint density at radius 1 is 1.20 bits per heavy atom. The van der Waals surface area contributed by atoms with Crippen LogP contribution < -0.4 is 15.0 Å². The van der Waals surface area contributed by atoms with Gasteiger partial charge in [-0.15, -0.1) is 0 Å². The van der Waals surface area contributed by atoms with Gasteiger partial charge in [0.05, 0.1) is 18.3 Å². The molecule has 0 spiro atoms. The highest BCUT2D eigenvalue weighted by molar-refractivity contribution is 5.94. The summed E-state index contributed by atoms with van der Waals surface area (Å²) >= 11 is 0. The second-order valence-electron chi connectivity index (χ2n) is 7.89. The molecule has 3 aromatic rings. The number of halogens is 1. The van der Waals surface area contributed by atoms with Gasteiger partial charge >= 0.3 is 0 Å². The van der Waals surface area contributed by atoms with Crippen LogP contribution in [0.3, 0.4) is 0 Å². The third kappa shape index (κ3) is 4.31. The molecule has 0 atom stereocenters. The fourth-order valence-electron chi connectivity index (χ4n) is 3.57. The van der Waals surface area contributed by atoms with Crippen molar-refractivity contribution in [1.82, 2.24) is 14.9 Å². The van der Waals surface area contributed by atoms with E-state index in [1.165, 1.54) is 19.6 Å². The first-order valence-corrected chi connectivity index (χ1v) is 10.3. The maximum atomic E-state index is 14.4. The zero-order valence-corrected chi connectivity index (χ0v) is 17.8. The summed E-state index contributed by atoms with van der Waals surface area (Å²) in [5, 5.41) is 4.34. The van der Waals surface area contributed by atoms with Gasteiger partial charge in [-0.3, -0.25) is 0 Å². The van der Waals surface area contributed by atoms with E-state index in [0.717, 1.165) is 60.7 Å². The predicted molar refractivity (Wildman–Crippen MR) is 120 cm³/mol. The van der Waals surface area contributed by atoms with Gasteiger partial charge < -0.3 is 19.9 Å². The maximum absolute atomic E-state index is 14.4. The molecule has 3 heterocycles. The average Bonchev–Trinajstić information content (AvgIpc) is 2.69. The van der Waals surface area contributed by atoms with Crippen LogP contribution in [0.15, 0.2) is 36.5 Å². The molecular formula is C23H28FN5O. The first-order valence-electron chi connectivity index (χ1n) is 10.3. The highest BCUT2D eigenvalue weighted by Crippen LogP contribution is 2.33. The van der Waals surface area contributed by atoms with Crippen LogP contribution in [-0.2, 0) is 0 Å². The van der Waals surface area contributed by atoms with E-state index in [-0.39, 0.29) is 5.75 Å². The minimum Gasteiger partial charge on any atom is -0.494 e. The number of ether oxygens (including phenoxy) is 1. The number of hydrogen-bond acceptors (Lipinski definition) is 6. The summed E-state index contributed by atoms with van der Waals surface area (Å²) in [7, 11) is 5.59. The minimum atomic E-state index is -0.417. The highest BCUT2D eigenvalue weighted by atomic mass is 19.1. The van der Waals surface area contributed by atoms with Gasteiger partial charge in [0.1, 0.15) is 5.82 Å². The van der Waals surface area contributed by atoms with Gasteiger partial charge in [0.2, 0.25) is 0 Å². The number of rotatable bonds is 8. The lowest BCUT2D eigenvalue weighted by atomic mass is 10.1. The Hall–Kier alpha value is -2.93. The molecule has 1 N–H and O–H groups in total. The molecule has 1 aliphatic rings. The third-order valence-electron chi connectivity index (χ3n) is 5.40. The lowest BCUT2D eigenvalue weighted by molar-refractivity contribution is 0.387.